The summed E-state index contributed by atoms with van der Waals surface area (Å²) in [5.41, 5.74) is 2.80. The molecule has 1 aromatic rings. The van der Waals surface area contributed by atoms with E-state index in [-0.39, 0.29) is 0 Å². The van der Waals surface area contributed by atoms with Gasteiger partial charge in [-0.15, -0.1) is 0 Å². The maximum Gasteiger partial charge on any atom is 0.0463 e. The Balaban J connectivity index is 0.000000325. The Labute approximate surface area is 107 Å². The Morgan fingerprint density at radius 2 is 1.35 bits per heavy atom. The molecule has 0 aliphatic heterocycles. The number of hydrogen-bond acceptors (Lipinski definition) is 1. The fourth-order valence-electron chi connectivity index (χ4n) is 1.43. The zero-order valence-corrected chi connectivity index (χ0v) is 12.0. The van der Waals surface area contributed by atoms with Gasteiger partial charge in [-0.3, -0.25) is 0 Å². The van der Waals surface area contributed by atoms with Crippen molar-refractivity contribution in [3.8, 4) is 0 Å². The molecular formula is C16H28O. The molecule has 0 saturated heterocycles. The minimum atomic E-state index is 0.924. The third kappa shape index (κ3) is 10.1. The number of rotatable bonds is 6. The van der Waals surface area contributed by atoms with Crippen LogP contribution in [0.25, 0.3) is 0 Å². The van der Waals surface area contributed by atoms with Gasteiger partial charge in [-0.1, -0.05) is 57.0 Å². The largest absolute Gasteiger partial charge is 0.381 e. The van der Waals surface area contributed by atoms with Gasteiger partial charge in [0, 0.05) is 13.2 Å². The summed E-state index contributed by atoms with van der Waals surface area (Å²) in [5, 5.41) is 0. The van der Waals surface area contributed by atoms with Gasteiger partial charge >= 0.3 is 0 Å². The Hall–Kier alpha value is -0.820. The Morgan fingerprint density at radius 3 is 1.76 bits per heavy atom. The summed E-state index contributed by atoms with van der Waals surface area (Å²) in [6.07, 6.45) is 4.73. The van der Waals surface area contributed by atoms with Crippen LogP contribution in [-0.4, -0.2) is 13.2 Å². The highest BCUT2D eigenvalue weighted by molar-refractivity contribution is 5.21. The summed E-state index contributed by atoms with van der Waals surface area (Å²) in [6, 6.07) is 8.76. The van der Waals surface area contributed by atoms with Crippen LogP contribution in [-0.2, 0) is 11.2 Å². The molecule has 0 fully saturated rings. The fraction of sp³-hybridized carbons (Fsp3) is 0.625. The Morgan fingerprint density at radius 1 is 0.824 bits per heavy atom. The van der Waals surface area contributed by atoms with E-state index in [2.05, 4.69) is 52.0 Å². The van der Waals surface area contributed by atoms with Crippen LogP contribution in [0.15, 0.2) is 24.3 Å². The number of benzene rings is 1. The number of ether oxygens (including phenoxy) is 1. The van der Waals surface area contributed by atoms with Gasteiger partial charge < -0.3 is 4.74 Å². The van der Waals surface area contributed by atoms with Crippen molar-refractivity contribution in [1.29, 1.82) is 0 Å². The van der Waals surface area contributed by atoms with Crippen LogP contribution in [0.1, 0.15) is 51.2 Å². The first-order valence-electron chi connectivity index (χ1n) is 6.87. The molecule has 0 N–H and O–H groups in total. The predicted molar refractivity (Wildman–Crippen MR) is 76.6 cm³/mol. The molecule has 0 bridgehead atoms. The van der Waals surface area contributed by atoms with Gasteiger partial charge in [0.25, 0.3) is 0 Å². The molecular weight excluding hydrogens is 208 g/mol. The normalized spacial score (nSPS) is 9.65. The van der Waals surface area contributed by atoms with Crippen molar-refractivity contribution in [3.63, 3.8) is 0 Å². The van der Waals surface area contributed by atoms with E-state index >= 15 is 0 Å². The molecule has 1 heteroatoms. The van der Waals surface area contributed by atoms with Crippen molar-refractivity contribution in [2.24, 2.45) is 0 Å². The minimum absolute atomic E-state index is 0.924. The molecule has 1 rings (SSSR count). The average Bonchev–Trinajstić information content (AvgIpc) is 2.34. The van der Waals surface area contributed by atoms with Crippen LogP contribution in [0.4, 0.5) is 0 Å². The van der Waals surface area contributed by atoms with E-state index < -0.39 is 0 Å². The Kier molecular flexibility index (Phi) is 11.1. The first-order chi connectivity index (χ1) is 8.24. The van der Waals surface area contributed by atoms with Gasteiger partial charge in [0.2, 0.25) is 0 Å². The van der Waals surface area contributed by atoms with Gasteiger partial charge in [-0.2, -0.15) is 0 Å². The minimum Gasteiger partial charge on any atom is -0.381 e. The third-order valence-corrected chi connectivity index (χ3v) is 2.36. The van der Waals surface area contributed by atoms with E-state index in [1.165, 1.54) is 24.0 Å². The fourth-order valence-corrected chi connectivity index (χ4v) is 1.43. The van der Waals surface area contributed by atoms with Crippen LogP contribution in [0.5, 0.6) is 0 Å². The molecule has 0 amide bonds. The summed E-state index contributed by atoms with van der Waals surface area (Å²) in [6.45, 7) is 10.4. The monoisotopic (exact) mass is 236 g/mol. The van der Waals surface area contributed by atoms with Crippen LogP contribution < -0.4 is 0 Å². The lowest BCUT2D eigenvalue weighted by Crippen LogP contribution is -1.92. The van der Waals surface area contributed by atoms with Gasteiger partial charge in [0.1, 0.15) is 0 Å². The van der Waals surface area contributed by atoms with E-state index in [4.69, 9.17) is 4.74 Å². The summed E-state index contributed by atoms with van der Waals surface area (Å²) in [7, 11) is 0. The van der Waals surface area contributed by atoms with E-state index in [1.54, 1.807) is 0 Å². The number of hydrogen-bond donors (Lipinski definition) is 0. The zero-order chi connectivity index (χ0) is 12.9. The van der Waals surface area contributed by atoms with E-state index in [0.29, 0.717) is 0 Å². The van der Waals surface area contributed by atoms with Crippen molar-refractivity contribution in [2.75, 3.05) is 13.2 Å². The van der Waals surface area contributed by atoms with Crippen molar-refractivity contribution < 1.29 is 4.74 Å². The molecule has 1 nitrogen and oxygen atoms in total. The summed E-state index contributed by atoms with van der Waals surface area (Å²) < 4.78 is 5.13. The van der Waals surface area contributed by atoms with E-state index in [0.717, 1.165) is 26.1 Å². The van der Waals surface area contributed by atoms with Crippen molar-refractivity contribution in [3.05, 3.63) is 35.4 Å². The van der Waals surface area contributed by atoms with Crippen LogP contribution >= 0.6 is 0 Å². The summed E-state index contributed by atoms with van der Waals surface area (Å²) in [4.78, 5) is 0. The second kappa shape index (κ2) is 11.7. The van der Waals surface area contributed by atoms with E-state index in [1.807, 2.05) is 0 Å². The maximum absolute atomic E-state index is 5.13. The van der Waals surface area contributed by atoms with Crippen molar-refractivity contribution in [1.82, 2.24) is 0 Å². The van der Waals surface area contributed by atoms with Gasteiger partial charge in [-0.25, -0.2) is 0 Å². The second-order valence-corrected chi connectivity index (χ2v) is 4.35. The highest BCUT2D eigenvalue weighted by Gasteiger charge is 1.88. The van der Waals surface area contributed by atoms with Gasteiger partial charge in [0.05, 0.1) is 0 Å². The molecule has 1 aromatic carbocycles. The molecule has 0 spiro atoms. The Bertz CT molecular complexity index is 247. The lowest BCUT2D eigenvalue weighted by Gasteiger charge is -1.97. The molecule has 0 unspecified atom stereocenters. The highest BCUT2D eigenvalue weighted by Crippen LogP contribution is 2.04. The lowest BCUT2D eigenvalue weighted by molar-refractivity contribution is 0.135. The molecule has 98 valence electrons. The maximum atomic E-state index is 5.13. The summed E-state index contributed by atoms with van der Waals surface area (Å²) >= 11 is 0. The quantitative estimate of drug-likeness (QED) is 0.646. The van der Waals surface area contributed by atoms with Gasteiger partial charge in [0.15, 0.2) is 0 Å². The zero-order valence-electron chi connectivity index (χ0n) is 12.0. The first kappa shape index (κ1) is 16.2. The standard InChI is InChI=1S/C10H14.C6H14O/c1-3-4-10-7-5-9(2)6-8-10;1-3-5-7-6-4-2/h5-8H,3-4H2,1-2H3;3-6H2,1-2H3. The SMILES string of the molecule is CCCOCCC.CCCc1ccc(C)cc1. The topological polar surface area (TPSA) is 9.23 Å². The second-order valence-electron chi connectivity index (χ2n) is 4.35. The molecule has 0 aromatic heterocycles. The molecule has 17 heavy (non-hydrogen) atoms. The molecule has 0 aliphatic rings. The smallest absolute Gasteiger partial charge is 0.0463 e. The molecule has 0 atom stereocenters. The predicted octanol–water partition coefficient (Wildman–Crippen LogP) is 4.77. The third-order valence-electron chi connectivity index (χ3n) is 2.36. The summed E-state index contributed by atoms with van der Waals surface area (Å²) in [5.74, 6) is 0. The van der Waals surface area contributed by atoms with Gasteiger partial charge in [-0.05, 0) is 31.7 Å². The molecule has 0 heterocycles. The first-order valence-corrected chi connectivity index (χ1v) is 6.87. The van der Waals surface area contributed by atoms with Crippen LogP contribution in [0.3, 0.4) is 0 Å². The van der Waals surface area contributed by atoms with Crippen molar-refractivity contribution >= 4 is 0 Å². The lowest BCUT2D eigenvalue weighted by atomic mass is 10.1. The molecule has 0 aliphatic carbocycles. The van der Waals surface area contributed by atoms with Crippen molar-refractivity contribution in [2.45, 2.75) is 53.4 Å². The van der Waals surface area contributed by atoms with Crippen LogP contribution in [0.2, 0.25) is 0 Å². The average molecular weight is 236 g/mol. The molecule has 0 radical (unpaired) electrons. The molecule has 0 saturated carbocycles. The number of aryl methyl sites for hydroxylation is 2. The van der Waals surface area contributed by atoms with Crippen LogP contribution in [0, 0.1) is 6.92 Å². The van der Waals surface area contributed by atoms with E-state index in [9.17, 15) is 0 Å². The highest BCUT2D eigenvalue weighted by atomic mass is 16.5.